The molecule has 0 radical (unpaired) electrons. The first-order valence-electron chi connectivity index (χ1n) is 19.4. The van der Waals surface area contributed by atoms with Crippen LogP contribution in [0, 0.1) is 11.5 Å². The molecular weight excluding hydrogens is 681 g/mol. The van der Waals surface area contributed by atoms with Crippen LogP contribution in [0.15, 0.2) is 48.8 Å². The number of nitrogen functional groups attached to an aromatic ring is 1. The van der Waals surface area contributed by atoms with Gasteiger partial charge in [-0.2, -0.15) is 10.4 Å². The number of rotatable bonds is 31. The quantitative estimate of drug-likeness (QED) is 0.0326. The lowest BCUT2D eigenvalue weighted by molar-refractivity contribution is -0.0282. The van der Waals surface area contributed by atoms with Crippen molar-refractivity contribution in [2.24, 2.45) is 0 Å². The molecule has 12 nitrogen and oxygen atoms in total. The zero-order valence-corrected chi connectivity index (χ0v) is 32.1. The van der Waals surface area contributed by atoms with Crippen molar-refractivity contribution in [2.75, 3.05) is 18.9 Å². The Morgan fingerprint density at radius 2 is 1.42 bits per heavy atom. The number of anilines is 1. The Morgan fingerprint density at radius 1 is 0.846 bits per heavy atom. The van der Waals surface area contributed by atoms with Crippen LogP contribution in [0.4, 0.5) is 5.82 Å². The molecule has 0 spiro atoms. The predicted octanol–water partition coefficient (Wildman–Crippen LogP) is 8.84. The lowest BCUT2D eigenvalue weighted by atomic mass is 10.0. The number of benzene rings is 1. The summed E-state index contributed by atoms with van der Waals surface area (Å²) >= 11 is 0. The maximum Gasteiger partial charge on any atom is 0.472 e. The molecule has 0 aliphatic rings. The third kappa shape index (κ3) is 17.7. The molecule has 1 aromatic carbocycles. The van der Waals surface area contributed by atoms with Crippen molar-refractivity contribution in [1.82, 2.24) is 14.6 Å². The van der Waals surface area contributed by atoms with Crippen molar-refractivity contribution < 1.29 is 33.1 Å². The molecule has 0 bridgehead atoms. The van der Waals surface area contributed by atoms with Crippen molar-refractivity contribution in [3.05, 3.63) is 60.0 Å². The Hall–Kier alpha value is -3.04. The largest absolute Gasteiger partial charge is 0.472 e. The van der Waals surface area contributed by atoms with E-state index in [1.54, 1.807) is 12.1 Å². The maximum absolute atomic E-state index is 12.9. The monoisotopic (exact) mass is 743 g/mol. The topological polar surface area (TPSA) is 174 Å². The Kier molecular flexibility index (Phi) is 21.6. The van der Waals surface area contributed by atoms with Crippen LogP contribution in [0.2, 0.25) is 0 Å². The normalized spacial score (nSPS) is 14.5. The highest BCUT2D eigenvalue weighted by atomic mass is 31.2. The van der Waals surface area contributed by atoms with Gasteiger partial charge in [-0.15, -0.1) is 0 Å². The zero-order valence-electron chi connectivity index (χ0n) is 31.2. The Bertz CT molecular complexity index is 1450. The molecule has 3 aromatic rings. The Morgan fingerprint density at radius 3 is 2.02 bits per heavy atom. The summed E-state index contributed by atoms with van der Waals surface area (Å²) in [7, 11) is -4.58. The number of ether oxygens (including phenoxy) is 2. The number of aromatic nitrogens is 3. The first-order chi connectivity index (χ1) is 25.3. The summed E-state index contributed by atoms with van der Waals surface area (Å²) in [5, 5.41) is 24.1. The first-order valence-corrected chi connectivity index (χ1v) is 20.9. The highest BCUT2D eigenvalue weighted by Gasteiger charge is 2.30. The SMILES string of the molecule is CCCCCCCCCCCCCCCCCCC[C@H](COP(=O)(O)OC[C@@H](OC#N)[C@@H](O)Cc1ccc2c(N)ncnn12)OCc1ccccc1. The molecule has 3 rings (SSSR count). The molecule has 52 heavy (non-hydrogen) atoms. The summed E-state index contributed by atoms with van der Waals surface area (Å²) in [6.45, 7) is 1.91. The number of nitrogens with two attached hydrogens (primary N) is 1. The van der Waals surface area contributed by atoms with Crippen molar-refractivity contribution in [2.45, 2.75) is 154 Å². The first kappa shape index (κ1) is 43.4. The Balaban J connectivity index is 1.35. The van der Waals surface area contributed by atoms with Gasteiger partial charge in [-0.05, 0) is 24.1 Å². The third-order valence-corrected chi connectivity index (χ3v) is 10.3. The van der Waals surface area contributed by atoms with E-state index in [9.17, 15) is 14.6 Å². The number of phosphoric ester groups is 1. The smallest absolute Gasteiger partial charge is 0.419 e. The van der Waals surface area contributed by atoms with E-state index in [0.717, 1.165) is 24.8 Å². The average Bonchev–Trinajstić information content (AvgIpc) is 3.56. The van der Waals surface area contributed by atoms with Gasteiger partial charge in [0.2, 0.25) is 0 Å². The Labute approximate surface area is 310 Å². The minimum absolute atomic E-state index is 0.00563. The number of hydrogen-bond donors (Lipinski definition) is 3. The van der Waals surface area contributed by atoms with Crippen LogP contribution in [-0.2, 0) is 36.1 Å². The highest BCUT2D eigenvalue weighted by molar-refractivity contribution is 7.47. The van der Waals surface area contributed by atoms with Crippen LogP contribution in [0.1, 0.15) is 134 Å². The molecule has 0 amide bonds. The molecular formula is C39H62N5O7P. The molecule has 0 aliphatic carbocycles. The van der Waals surface area contributed by atoms with Crippen LogP contribution < -0.4 is 5.73 Å². The van der Waals surface area contributed by atoms with Gasteiger partial charge in [0.05, 0.1) is 32.0 Å². The van der Waals surface area contributed by atoms with E-state index in [1.807, 2.05) is 30.3 Å². The number of nitriles is 1. The van der Waals surface area contributed by atoms with Gasteiger partial charge in [-0.1, -0.05) is 146 Å². The van der Waals surface area contributed by atoms with E-state index in [2.05, 4.69) is 17.0 Å². The van der Waals surface area contributed by atoms with Crippen LogP contribution in [-0.4, -0.2) is 56.1 Å². The molecule has 0 saturated heterocycles. The van der Waals surface area contributed by atoms with Gasteiger partial charge >= 0.3 is 7.82 Å². The van der Waals surface area contributed by atoms with E-state index >= 15 is 0 Å². The fourth-order valence-electron chi connectivity index (χ4n) is 6.28. The van der Waals surface area contributed by atoms with Crippen molar-refractivity contribution in [3.8, 4) is 6.26 Å². The second-order valence-electron chi connectivity index (χ2n) is 13.7. The van der Waals surface area contributed by atoms with Crippen molar-refractivity contribution in [1.29, 1.82) is 5.26 Å². The molecule has 2 aromatic heterocycles. The second kappa shape index (κ2) is 25.9. The van der Waals surface area contributed by atoms with E-state index in [-0.39, 0.29) is 18.8 Å². The van der Waals surface area contributed by atoms with Crippen molar-refractivity contribution in [3.63, 3.8) is 0 Å². The molecule has 1 unspecified atom stereocenters. The number of hydrogen-bond acceptors (Lipinski definition) is 10. The van der Waals surface area contributed by atoms with Gasteiger partial charge in [-0.25, -0.2) is 14.1 Å². The third-order valence-electron chi connectivity index (χ3n) is 9.40. The van der Waals surface area contributed by atoms with Crippen LogP contribution in [0.25, 0.3) is 5.52 Å². The van der Waals surface area contributed by atoms with Gasteiger partial charge in [0, 0.05) is 12.1 Å². The lowest BCUT2D eigenvalue weighted by Gasteiger charge is -2.23. The number of phosphoric acid groups is 1. The number of fused-ring (bicyclic) bond motifs is 1. The zero-order chi connectivity index (χ0) is 37.3. The highest BCUT2D eigenvalue weighted by Crippen LogP contribution is 2.44. The average molecular weight is 744 g/mol. The summed E-state index contributed by atoms with van der Waals surface area (Å²) in [6, 6.07) is 13.2. The second-order valence-corrected chi connectivity index (χ2v) is 15.2. The number of aliphatic hydroxyl groups is 1. The van der Waals surface area contributed by atoms with E-state index < -0.39 is 32.7 Å². The molecule has 4 N–H and O–H groups in total. The number of nitrogens with zero attached hydrogens (tertiary/aromatic N) is 4. The minimum Gasteiger partial charge on any atom is -0.419 e. The standard InChI is InChI=1S/C39H62N5O7P/c1-2-3-4-5-6-7-8-9-10-11-12-13-14-15-16-17-21-24-35(48-28-33-22-19-18-20-23-33)29-50-52(46,47)51-30-38(49-31-40)37(45)27-34-25-26-36-39(41)42-32-43-44(34)36/h18-20,22-23,25-26,32,35,37-38,45H,2-17,21,24,27-30H2,1H3,(H,46,47)(H2,41,42,43)/t35-,37+,38-/m1/s1. The van der Waals surface area contributed by atoms with Crippen LogP contribution in [0.3, 0.4) is 0 Å². The van der Waals surface area contributed by atoms with Gasteiger partial charge < -0.3 is 25.2 Å². The van der Waals surface area contributed by atoms with E-state index in [1.165, 1.54) is 107 Å². The van der Waals surface area contributed by atoms with Gasteiger partial charge in [-0.3, -0.25) is 9.05 Å². The molecule has 4 atom stereocenters. The summed E-state index contributed by atoms with van der Waals surface area (Å²) in [5.41, 5.74) is 8.02. The number of aliphatic hydroxyl groups excluding tert-OH is 1. The number of unbranched alkanes of at least 4 members (excludes halogenated alkanes) is 16. The van der Waals surface area contributed by atoms with Crippen LogP contribution >= 0.6 is 7.82 Å². The molecule has 0 aliphatic heterocycles. The maximum atomic E-state index is 12.9. The molecule has 0 saturated carbocycles. The van der Waals surface area contributed by atoms with E-state index in [4.69, 9.17) is 29.5 Å². The molecule has 13 heteroatoms. The fraction of sp³-hybridized carbons (Fsp3) is 0.667. The molecule has 0 fully saturated rings. The van der Waals surface area contributed by atoms with Crippen LogP contribution in [0.5, 0.6) is 0 Å². The predicted molar refractivity (Wildman–Crippen MR) is 203 cm³/mol. The van der Waals surface area contributed by atoms with Gasteiger partial charge in [0.1, 0.15) is 11.8 Å². The fourth-order valence-corrected chi connectivity index (χ4v) is 7.05. The van der Waals surface area contributed by atoms with Gasteiger partial charge in [0.25, 0.3) is 6.26 Å². The summed E-state index contributed by atoms with van der Waals surface area (Å²) in [4.78, 5) is 14.4. The molecule has 2 heterocycles. The minimum atomic E-state index is -4.58. The summed E-state index contributed by atoms with van der Waals surface area (Å²) < 4.78 is 36.1. The summed E-state index contributed by atoms with van der Waals surface area (Å²) in [6.07, 6.45) is 22.5. The van der Waals surface area contributed by atoms with E-state index in [0.29, 0.717) is 24.2 Å². The summed E-state index contributed by atoms with van der Waals surface area (Å²) in [5.74, 6) is 0.276. The van der Waals surface area contributed by atoms with Gasteiger partial charge in [0.15, 0.2) is 11.9 Å². The van der Waals surface area contributed by atoms with Crippen molar-refractivity contribution >= 4 is 19.2 Å². The lowest BCUT2D eigenvalue weighted by Crippen LogP contribution is -2.34. The molecule has 290 valence electrons.